The average Bonchev–Trinajstić information content (AvgIpc) is 2.57. The summed E-state index contributed by atoms with van der Waals surface area (Å²) in [5.41, 5.74) is 0. The third kappa shape index (κ3) is 3.50. The smallest absolute Gasteiger partial charge is 0.150 e. The van der Waals surface area contributed by atoms with Crippen LogP contribution in [0.15, 0.2) is 16.8 Å². The molecule has 0 aliphatic rings. The molecule has 0 saturated heterocycles. The molecule has 0 bridgehead atoms. The van der Waals surface area contributed by atoms with Gasteiger partial charge in [-0.2, -0.15) is 0 Å². The second-order valence-electron chi connectivity index (χ2n) is 2.50. The van der Waals surface area contributed by atoms with Crippen molar-refractivity contribution in [2.75, 3.05) is 20.3 Å². The van der Waals surface area contributed by atoms with E-state index in [1.807, 2.05) is 6.07 Å². The number of aromatic nitrogens is 1. The molecule has 0 amide bonds. The lowest BCUT2D eigenvalue weighted by molar-refractivity contribution is 0.194. The van der Waals surface area contributed by atoms with Crippen LogP contribution in [0.25, 0.3) is 0 Å². The fourth-order valence-electron chi connectivity index (χ4n) is 0.886. The van der Waals surface area contributed by atoms with E-state index >= 15 is 0 Å². The van der Waals surface area contributed by atoms with Crippen LogP contribution in [0.3, 0.4) is 0 Å². The molecule has 0 atom stereocenters. The number of nitrogens with zero attached hydrogens (tertiary/aromatic N) is 1. The van der Waals surface area contributed by atoms with Gasteiger partial charge in [0.05, 0.1) is 12.7 Å². The Kier molecular flexibility index (Phi) is 4.41. The number of methoxy groups -OCH3 is 1. The fourth-order valence-corrected chi connectivity index (χ4v) is 0.886. The van der Waals surface area contributed by atoms with Gasteiger partial charge < -0.3 is 14.6 Å². The molecule has 0 fully saturated rings. The van der Waals surface area contributed by atoms with E-state index in [9.17, 15) is 0 Å². The van der Waals surface area contributed by atoms with Gasteiger partial charge in [0.2, 0.25) is 0 Å². The molecule has 0 unspecified atom stereocenters. The lowest BCUT2D eigenvalue weighted by atomic mass is 10.4. The highest BCUT2D eigenvalue weighted by Crippen LogP contribution is 1.94. The molecule has 4 nitrogen and oxygen atoms in total. The summed E-state index contributed by atoms with van der Waals surface area (Å²) in [5, 5.41) is 6.81. The summed E-state index contributed by atoms with van der Waals surface area (Å²) in [4.78, 5) is 0. The molecule has 1 aromatic rings. The molecule has 68 valence electrons. The molecule has 0 aliphatic heterocycles. The molecule has 0 radical (unpaired) electrons. The van der Waals surface area contributed by atoms with E-state index in [4.69, 9.17) is 9.26 Å². The molecule has 1 N–H and O–H groups in total. The second kappa shape index (κ2) is 5.74. The molecule has 12 heavy (non-hydrogen) atoms. The summed E-state index contributed by atoms with van der Waals surface area (Å²) in [6.07, 6.45) is 2.66. The highest BCUT2D eigenvalue weighted by atomic mass is 16.5. The van der Waals surface area contributed by atoms with E-state index in [1.165, 1.54) is 0 Å². The van der Waals surface area contributed by atoms with Crippen molar-refractivity contribution in [2.45, 2.75) is 13.0 Å². The van der Waals surface area contributed by atoms with Gasteiger partial charge in [0.1, 0.15) is 5.76 Å². The number of ether oxygens (including phenoxy) is 1. The highest BCUT2D eigenvalue weighted by Gasteiger charge is 1.94. The van der Waals surface area contributed by atoms with Crippen LogP contribution in [0.5, 0.6) is 0 Å². The van der Waals surface area contributed by atoms with Crippen molar-refractivity contribution >= 4 is 0 Å². The minimum Gasteiger partial charge on any atom is -0.385 e. The van der Waals surface area contributed by atoms with Crippen molar-refractivity contribution in [3.63, 3.8) is 0 Å². The van der Waals surface area contributed by atoms with E-state index in [0.717, 1.165) is 31.9 Å². The predicted octanol–water partition coefficient (Wildman–Crippen LogP) is 0.801. The van der Waals surface area contributed by atoms with Crippen molar-refractivity contribution in [3.05, 3.63) is 18.0 Å². The van der Waals surface area contributed by atoms with Crippen LogP contribution < -0.4 is 5.32 Å². The Morgan fingerprint density at radius 1 is 1.67 bits per heavy atom. The molecular formula is C8H14N2O2. The van der Waals surface area contributed by atoms with Gasteiger partial charge in [-0.15, -0.1) is 0 Å². The van der Waals surface area contributed by atoms with E-state index in [2.05, 4.69) is 10.5 Å². The monoisotopic (exact) mass is 170 g/mol. The summed E-state index contributed by atoms with van der Waals surface area (Å²) in [5.74, 6) is 0.868. The molecule has 1 aromatic heterocycles. The first-order valence-electron chi connectivity index (χ1n) is 4.02. The van der Waals surface area contributed by atoms with Crippen molar-refractivity contribution in [1.29, 1.82) is 0 Å². The number of hydrogen-bond donors (Lipinski definition) is 1. The third-order valence-corrected chi connectivity index (χ3v) is 1.49. The topological polar surface area (TPSA) is 47.3 Å². The first-order valence-corrected chi connectivity index (χ1v) is 4.02. The van der Waals surface area contributed by atoms with Crippen molar-refractivity contribution in [2.24, 2.45) is 0 Å². The molecule has 0 saturated carbocycles. The Hall–Kier alpha value is -0.870. The molecule has 1 rings (SSSR count). The standard InChI is InChI=1S/C8H14N2O2/c1-11-6-2-4-9-7-8-3-5-10-12-8/h3,5,9H,2,4,6-7H2,1H3. The van der Waals surface area contributed by atoms with E-state index in [-0.39, 0.29) is 0 Å². The van der Waals surface area contributed by atoms with E-state index in [1.54, 1.807) is 13.3 Å². The fraction of sp³-hybridized carbons (Fsp3) is 0.625. The zero-order valence-electron chi connectivity index (χ0n) is 7.25. The lowest BCUT2D eigenvalue weighted by Crippen LogP contribution is -2.15. The summed E-state index contributed by atoms with van der Waals surface area (Å²) < 4.78 is 9.80. The molecule has 0 aliphatic carbocycles. The van der Waals surface area contributed by atoms with Crippen molar-refractivity contribution in [1.82, 2.24) is 10.5 Å². The first-order chi connectivity index (χ1) is 5.93. The quantitative estimate of drug-likeness (QED) is 0.641. The van der Waals surface area contributed by atoms with Gasteiger partial charge in [-0.3, -0.25) is 0 Å². The Morgan fingerprint density at radius 2 is 2.58 bits per heavy atom. The second-order valence-corrected chi connectivity index (χ2v) is 2.50. The zero-order chi connectivity index (χ0) is 8.65. The average molecular weight is 170 g/mol. The van der Waals surface area contributed by atoms with E-state index in [0.29, 0.717) is 0 Å². The number of nitrogens with one attached hydrogen (secondary N) is 1. The SMILES string of the molecule is COCCCNCc1ccno1. The third-order valence-electron chi connectivity index (χ3n) is 1.49. The van der Waals surface area contributed by atoms with Gasteiger partial charge in [0.15, 0.2) is 0 Å². The maximum Gasteiger partial charge on any atom is 0.150 e. The summed E-state index contributed by atoms with van der Waals surface area (Å²) in [6, 6.07) is 1.85. The van der Waals surface area contributed by atoms with Crippen LogP contribution in [0, 0.1) is 0 Å². The summed E-state index contributed by atoms with van der Waals surface area (Å²) >= 11 is 0. The van der Waals surface area contributed by atoms with E-state index < -0.39 is 0 Å². The minimum absolute atomic E-state index is 0.740. The predicted molar refractivity (Wildman–Crippen MR) is 44.7 cm³/mol. The van der Waals surface area contributed by atoms with Crippen LogP contribution in [-0.2, 0) is 11.3 Å². The Labute approximate surface area is 71.9 Å². The van der Waals surface area contributed by atoms with Gasteiger partial charge in [-0.25, -0.2) is 0 Å². The lowest BCUT2D eigenvalue weighted by Gasteiger charge is -2.00. The van der Waals surface area contributed by atoms with Crippen molar-refractivity contribution in [3.8, 4) is 0 Å². The molecule has 0 aromatic carbocycles. The Balaban J connectivity index is 1.96. The highest BCUT2D eigenvalue weighted by molar-refractivity contribution is 4.91. The Morgan fingerprint density at radius 3 is 3.25 bits per heavy atom. The van der Waals surface area contributed by atoms with Gasteiger partial charge in [-0.1, -0.05) is 5.16 Å². The summed E-state index contributed by atoms with van der Waals surface area (Å²) in [7, 11) is 1.70. The normalized spacial score (nSPS) is 10.4. The minimum atomic E-state index is 0.740. The van der Waals surface area contributed by atoms with Crippen molar-refractivity contribution < 1.29 is 9.26 Å². The van der Waals surface area contributed by atoms with Crippen LogP contribution in [-0.4, -0.2) is 25.4 Å². The molecular weight excluding hydrogens is 156 g/mol. The maximum atomic E-state index is 4.90. The zero-order valence-corrected chi connectivity index (χ0v) is 7.25. The molecule has 1 heterocycles. The van der Waals surface area contributed by atoms with Crippen LogP contribution in [0.4, 0.5) is 0 Å². The largest absolute Gasteiger partial charge is 0.385 e. The Bertz CT molecular complexity index is 187. The van der Waals surface area contributed by atoms with Gasteiger partial charge in [0, 0.05) is 19.8 Å². The van der Waals surface area contributed by atoms with Gasteiger partial charge >= 0.3 is 0 Å². The van der Waals surface area contributed by atoms with Crippen LogP contribution in [0.1, 0.15) is 12.2 Å². The number of hydrogen-bond acceptors (Lipinski definition) is 4. The van der Waals surface area contributed by atoms with Crippen LogP contribution >= 0.6 is 0 Å². The van der Waals surface area contributed by atoms with Gasteiger partial charge in [-0.05, 0) is 13.0 Å². The molecule has 4 heteroatoms. The number of rotatable bonds is 6. The first kappa shape index (κ1) is 9.22. The van der Waals surface area contributed by atoms with Gasteiger partial charge in [0.25, 0.3) is 0 Å². The van der Waals surface area contributed by atoms with Crippen LogP contribution in [0.2, 0.25) is 0 Å². The summed E-state index contributed by atoms with van der Waals surface area (Å²) in [6.45, 7) is 2.47. The maximum absolute atomic E-state index is 4.90. The molecule has 0 spiro atoms.